The van der Waals surface area contributed by atoms with Gasteiger partial charge >= 0.3 is 6.09 Å². The van der Waals surface area contributed by atoms with Gasteiger partial charge in [0, 0.05) is 62.5 Å². The number of piperidine rings is 1. The largest absolute Gasteiger partial charge is 0.493 e. The molecule has 14 heteroatoms. The molecule has 0 spiro atoms. The predicted octanol–water partition coefficient (Wildman–Crippen LogP) is 3.82. The van der Waals surface area contributed by atoms with Gasteiger partial charge in [0.1, 0.15) is 17.6 Å². The summed E-state index contributed by atoms with van der Waals surface area (Å²) in [5.74, 6) is -1.97. The zero-order chi connectivity index (χ0) is 34.8. The van der Waals surface area contributed by atoms with Crippen molar-refractivity contribution in [2.24, 2.45) is 0 Å². The van der Waals surface area contributed by atoms with E-state index in [0.29, 0.717) is 23.4 Å². The van der Waals surface area contributed by atoms with Crippen LogP contribution in [0.15, 0.2) is 71.6 Å². The highest BCUT2D eigenvalue weighted by Gasteiger charge is 2.59. The molecular formula is C35H39FN6O6S. The van der Waals surface area contributed by atoms with Crippen molar-refractivity contribution >= 4 is 27.7 Å². The Morgan fingerprint density at radius 1 is 0.980 bits per heavy atom. The molecule has 3 aromatic rings. The van der Waals surface area contributed by atoms with Crippen molar-refractivity contribution < 1.29 is 32.0 Å². The molecule has 3 aliphatic heterocycles. The minimum Gasteiger partial charge on any atom is -0.493 e. The maximum atomic E-state index is 15.3. The minimum atomic E-state index is -4.64. The number of para-hydroxylation sites is 1. The number of nitrogens with one attached hydrogen (secondary N) is 1. The van der Waals surface area contributed by atoms with Crippen molar-refractivity contribution in [3.05, 3.63) is 89.2 Å². The van der Waals surface area contributed by atoms with Crippen molar-refractivity contribution in [2.75, 3.05) is 56.7 Å². The van der Waals surface area contributed by atoms with Crippen LogP contribution < -0.4 is 14.4 Å². The van der Waals surface area contributed by atoms with E-state index in [1.807, 2.05) is 0 Å². The highest BCUT2D eigenvalue weighted by Crippen LogP contribution is 2.50. The standard InChI is InChI=1S/C35H39FN6O6S/c1-3-39-18-20-40(21-19-39)26-14-16-41(17-15-26)48-34(44)38-35(28-12-8-9-13-32(28)47-4-2)29-22-25(24-37)30(36)23-31(29)42(33(35)43)49(45,46)27-10-6-5-7-11-27/h5-13,22-23,26H,3-4,14-21H2,1-2H3,(H,38,44). The number of halogens is 1. The molecule has 2 saturated heterocycles. The number of carbonyl (C=O) groups excluding carboxylic acids is 2. The number of ether oxygens (including phenoxy) is 1. The summed E-state index contributed by atoms with van der Waals surface area (Å²) >= 11 is 0. The Kier molecular flexibility index (Phi) is 9.89. The lowest BCUT2D eigenvalue weighted by Crippen LogP contribution is -2.56. The summed E-state index contributed by atoms with van der Waals surface area (Å²) in [6.45, 7) is 10.0. The summed E-state index contributed by atoms with van der Waals surface area (Å²) in [5, 5.41) is 14.0. The zero-order valence-corrected chi connectivity index (χ0v) is 28.3. The van der Waals surface area contributed by atoms with Gasteiger partial charge in [0.15, 0.2) is 5.54 Å². The van der Waals surface area contributed by atoms with Crippen LogP contribution in [-0.4, -0.2) is 93.7 Å². The number of sulfonamides is 1. The van der Waals surface area contributed by atoms with Gasteiger partial charge in [-0.05, 0) is 50.6 Å². The second-order valence-corrected chi connectivity index (χ2v) is 13.9. The Bertz CT molecular complexity index is 1860. The Hall–Kier alpha value is -4.55. The topological polar surface area (TPSA) is 136 Å². The van der Waals surface area contributed by atoms with Crippen LogP contribution >= 0.6 is 0 Å². The second-order valence-electron chi connectivity index (χ2n) is 12.2. The van der Waals surface area contributed by atoms with Crippen molar-refractivity contribution in [3.63, 3.8) is 0 Å². The number of piperazine rings is 1. The number of hydrogen-bond donors (Lipinski definition) is 1. The molecule has 2 fully saturated rings. The maximum absolute atomic E-state index is 15.3. The predicted molar refractivity (Wildman–Crippen MR) is 179 cm³/mol. The lowest BCUT2D eigenvalue weighted by atomic mass is 9.82. The molecule has 3 heterocycles. The molecule has 12 nitrogen and oxygen atoms in total. The molecular weight excluding hydrogens is 651 g/mol. The van der Waals surface area contributed by atoms with Crippen LogP contribution in [-0.2, 0) is 25.2 Å². The molecule has 0 radical (unpaired) electrons. The average Bonchev–Trinajstić information content (AvgIpc) is 3.35. The van der Waals surface area contributed by atoms with E-state index in [4.69, 9.17) is 9.57 Å². The van der Waals surface area contributed by atoms with Gasteiger partial charge in [-0.25, -0.2) is 17.6 Å². The molecule has 6 rings (SSSR count). The number of fused-ring (bicyclic) bond motifs is 1. The van der Waals surface area contributed by atoms with E-state index in [2.05, 4.69) is 22.0 Å². The Morgan fingerprint density at radius 2 is 1.65 bits per heavy atom. The van der Waals surface area contributed by atoms with Crippen LogP contribution in [0.1, 0.15) is 43.4 Å². The lowest BCUT2D eigenvalue weighted by molar-refractivity contribution is -0.130. The second kappa shape index (κ2) is 14.1. The van der Waals surface area contributed by atoms with E-state index < -0.39 is 38.9 Å². The zero-order valence-electron chi connectivity index (χ0n) is 27.5. The van der Waals surface area contributed by atoms with Gasteiger partial charge in [0.05, 0.1) is 22.8 Å². The lowest BCUT2D eigenvalue weighted by Gasteiger charge is -2.42. The fraction of sp³-hybridized carbons (Fsp3) is 0.400. The Balaban J connectivity index is 1.37. The highest BCUT2D eigenvalue weighted by atomic mass is 32.2. The van der Waals surface area contributed by atoms with E-state index in [-0.39, 0.29) is 34.1 Å². The number of rotatable bonds is 9. The van der Waals surface area contributed by atoms with Gasteiger partial charge in [-0.15, -0.1) is 5.06 Å². The Labute approximate surface area is 285 Å². The SMILES string of the molecule is CCOc1ccccc1C1(NC(=O)ON2CCC(N3CCN(CC)CC3)CC2)C(=O)N(S(=O)(=O)c2ccccc2)c2cc(F)c(C#N)cc21. The van der Waals surface area contributed by atoms with Crippen molar-refractivity contribution in [3.8, 4) is 11.8 Å². The number of likely N-dealkylation sites (N-methyl/N-ethyl adjacent to an activating group) is 1. The summed E-state index contributed by atoms with van der Waals surface area (Å²) < 4.78 is 49.9. The summed E-state index contributed by atoms with van der Waals surface area (Å²) in [6, 6.07) is 17.6. The molecule has 0 aliphatic carbocycles. The summed E-state index contributed by atoms with van der Waals surface area (Å²) in [4.78, 5) is 39.2. The van der Waals surface area contributed by atoms with Crippen molar-refractivity contribution in [2.45, 2.75) is 43.2 Å². The third-order valence-corrected chi connectivity index (χ3v) is 11.2. The molecule has 1 unspecified atom stereocenters. The summed E-state index contributed by atoms with van der Waals surface area (Å²) in [6.07, 6.45) is 0.517. The van der Waals surface area contributed by atoms with E-state index in [1.54, 1.807) is 37.3 Å². The quantitative estimate of drug-likeness (QED) is 0.353. The fourth-order valence-corrected chi connectivity index (χ4v) is 8.45. The van der Waals surface area contributed by atoms with Gasteiger partial charge in [0.2, 0.25) is 0 Å². The van der Waals surface area contributed by atoms with Gasteiger partial charge in [-0.1, -0.05) is 43.3 Å². The highest BCUT2D eigenvalue weighted by molar-refractivity contribution is 7.93. The molecule has 0 bridgehead atoms. The van der Waals surface area contributed by atoms with Crippen LogP contribution in [0.2, 0.25) is 0 Å². The van der Waals surface area contributed by atoms with Crippen LogP contribution in [0.4, 0.5) is 14.9 Å². The molecule has 49 heavy (non-hydrogen) atoms. The molecule has 0 saturated carbocycles. The normalized spacial score (nSPS) is 20.9. The van der Waals surface area contributed by atoms with E-state index in [0.717, 1.165) is 57.7 Å². The summed E-state index contributed by atoms with van der Waals surface area (Å²) in [5.41, 5.74) is -3.10. The summed E-state index contributed by atoms with van der Waals surface area (Å²) in [7, 11) is -4.64. The molecule has 2 amide bonds. The molecule has 3 aromatic carbocycles. The van der Waals surface area contributed by atoms with Crippen LogP contribution in [0, 0.1) is 17.1 Å². The number of carbonyl (C=O) groups is 2. The number of hydroxylamine groups is 2. The Morgan fingerprint density at radius 3 is 2.31 bits per heavy atom. The fourth-order valence-electron chi connectivity index (χ4n) is 6.97. The number of hydrogen-bond acceptors (Lipinski definition) is 10. The number of nitriles is 1. The smallest absolute Gasteiger partial charge is 0.427 e. The molecule has 1 N–H and O–H groups in total. The first kappa shape index (κ1) is 34.3. The number of amides is 2. The van der Waals surface area contributed by atoms with Crippen molar-refractivity contribution in [1.82, 2.24) is 20.2 Å². The first-order valence-electron chi connectivity index (χ1n) is 16.5. The third-order valence-electron chi connectivity index (χ3n) is 9.50. The molecule has 1 atom stereocenters. The van der Waals surface area contributed by atoms with Crippen LogP contribution in [0.5, 0.6) is 5.75 Å². The first-order chi connectivity index (χ1) is 23.6. The molecule has 3 aliphatic rings. The van der Waals surface area contributed by atoms with E-state index in [1.165, 1.54) is 35.4 Å². The van der Waals surface area contributed by atoms with Crippen LogP contribution in [0.3, 0.4) is 0 Å². The number of benzene rings is 3. The van der Waals surface area contributed by atoms with E-state index in [9.17, 15) is 23.3 Å². The monoisotopic (exact) mass is 690 g/mol. The van der Waals surface area contributed by atoms with Gasteiger partial charge in [0.25, 0.3) is 15.9 Å². The number of anilines is 1. The van der Waals surface area contributed by atoms with E-state index >= 15 is 4.39 Å². The number of nitrogens with zero attached hydrogens (tertiary/aromatic N) is 5. The minimum absolute atomic E-state index is 0.0891. The van der Waals surface area contributed by atoms with Gasteiger partial charge < -0.3 is 14.5 Å². The van der Waals surface area contributed by atoms with Crippen molar-refractivity contribution in [1.29, 1.82) is 5.26 Å². The van der Waals surface area contributed by atoms with Crippen LogP contribution in [0.25, 0.3) is 0 Å². The molecule has 258 valence electrons. The average molecular weight is 691 g/mol. The maximum Gasteiger partial charge on any atom is 0.427 e. The molecule has 0 aromatic heterocycles. The van der Waals surface area contributed by atoms with Gasteiger partial charge in [-0.3, -0.25) is 15.0 Å². The first-order valence-corrected chi connectivity index (χ1v) is 17.9. The van der Waals surface area contributed by atoms with Gasteiger partial charge in [-0.2, -0.15) is 9.57 Å². The third kappa shape index (κ3) is 6.35.